The smallest absolute Gasteiger partial charge is 0.433 e. The Morgan fingerprint density at radius 3 is 2.64 bits per heavy atom. The molecule has 0 aliphatic carbocycles. The van der Waals surface area contributed by atoms with Crippen LogP contribution in [0.25, 0.3) is 22.4 Å². The largest absolute Gasteiger partial charge is 0.494 e. The van der Waals surface area contributed by atoms with E-state index < -0.39 is 17.8 Å². The molecule has 0 radical (unpaired) electrons. The maximum Gasteiger partial charge on any atom is 0.433 e. The first-order valence-corrected chi connectivity index (χ1v) is 12.1. The molecule has 1 unspecified atom stereocenters. The third-order valence-corrected chi connectivity index (χ3v) is 6.25. The highest BCUT2D eigenvalue weighted by molar-refractivity contribution is 5.98. The number of hydrogen-bond donors (Lipinski definition) is 1. The number of pyridine rings is 1. The van der Waals surface area contributed by atoms with Crippen molar-refractivity contribution in [3.63, 3.8) is 0 Å². The first-order chi connectivity index (χ1) is 18.8. The van der Waals surface area contributed by atoms with Crippen LogP contribution in [-0.4, -0.2) is 60.3 Å². The first kappa shape index (κ1) is 26.4. The minimum Gasteiger partial charge on any atom is -0.494 e. The monoisotopic (exact) mass is 542 g/mol. The number of ether oxygens (including phenoxy) is 3. The van der Waals surface area contributed by atoms with Crippen LogP contribution in [0.15, 0.2) is 59.0 Å². The number of carbonyl (C=O) groups excluding carboxylic acids is 1. The van der Waals surface area contributed by atoms with Crippen molar-refractivity contribution in [2.75, 3.05) is 33.4 Å². The number of oxazole rings is 1. The van der Waals surface area contributed by atoms with Gasteiger partial charge in [-0.15, -0.1) is 0 Å². The minimum atomic E-state index is -4.63. The normalized spacial score (nSPS) is 15.9. The maximum atomic E-state index is 13.5. The summed E-state index contributed by atoms with van der Waals surface area (Å²) in [5.41, 5.74) is 5.17. The van der Waals surface area contributed by atoms with Crippen molar-refractivity contribution in [3.8, 4) is 23.0 Å². The summed E-state index contributed by atoms with van der Waals surface area (Å²) in [6, 6.07) is 14.5. The van der Waals surface area contributed by atoms with Crippen molar-refractivity contribution in [1.29, 1.82) is 0 Å². The van der Waals surface area contributed by atoms with Crippen molar-refractivity contribution >= 4 is 16.8 Å². The van der Waals surface area contributed by atoms with E-state index >= 15 is 0 Å². The van der Waals surface area contributed by atoms with Gasteiger partial charge in [-0.3, -0.25) is 4.79 Å². The van der Waals surface area contributed by atoms with E-state index in [1.165, 1.54) is 19.2 Å². The van der Waals surface area contributed by atoms with E-state index in [4.69, 9.17) is 24.4 Å². The lowest BCUT2D eigenvalue weighted by Gasteiger charge is -2.32. The molecule has 2 N–H and O–H groups in total. The van der Waals surface area contributed by atoms with Gasteiger partial charge in [-0.25, -0.2) is 9.97 Å². The van der Waals surface area contributed by atoms with Crippen molar-refractivity contribution in [2.24, 2.45) is 5.73 Å². The quantitative estimate of drug-likeness (QED) is 0.368. The average molecular weight is 543 g/mol. The molecule has 1 saturated heterocycles. The Balaban J connectivity index is 1.41. The number of nitrogens with zero attached hydrogens (tertiary/aromatic N) is 3. The van der Waals surface area contributed by atoms with Gasteiger partial charge in [-0.05, 0) is 36.4 Å². The van der Waals surface area contributed by atoms with E-state index in [-0.39, 0.29) is 54.4 Å². The van der Waals surface area contributed by atoms with Gasteiger partial charge in [-0.2, -0.15) is 13.2 Å². The number of morpholine rings is 1. The van der Waals surface area contributed by atoms with Gasteiger partial charge in [0.1, 0.15) is 35.4 Å². The molecule has 5 rings (SSSR count). The molecule has 1 amide bonds. The zero-order valence-electron chi connectivity index (χ0n) is 20.9. The second kappa shape index (κ2) is 10.9. The molecule has 2 aromatic carbocycles. The van der Waals surface area contributed by atoms with Crippen LogP contribution in [0.3, 0.4) is 0 Å². The lowest BCUT2D eigenvalue weighted by molar-refractivity contribution is -0.140. The third kappa shape index (κ3) is 5.52. The van der Waals surface area contributed by atoms with Gasteiger partial charge >= 0.3 is 6.18 Å². The number of fused-ring (bicyclic) bond motifs is 1. The van der Waals surface area contributed by atoms with Crippen LogP contribution in [0, 0.1) is 0 Å². The van der Waals surface area contributed by atoms with E-state index in [9.17, 15) is 18.0 Å². The second-order valence-corrected chi connectivity index (χ2v) is 8.77. The number of methoxy groups -OCH3 is 1. The number of nitrogens with two attached hydrogens (primary N) is 1. The molecule has 0 saturated carbocycles. The molecule has 3 heterocycles. The number of alkyl halides is 3. The molecule has 0 spiro atoms. The molecule has 204 valence electrons. The van der Waals surface area contributed by atoms with Crippen molar-refractivity contribution in [1.82, 2.24) is 14.9 Å². The third-order valence-electron chi connectivity index (χ3n) is 6.25. The van der Waals surface area contributed by atoms with Crippen LogP contribution in [0.4, 0.5) is 13.2 Å². The molecule has 1 fully saturated rings. The highest BCUT2D eigenvalue weighted by Gasteiger charge is 2.34. The molecular formula is C27H25F3N4O5. The van der Waals surface area contributed by atoms with E-state index in [1.807, 2.05) is 30.3 Å². The maximum absolute atomic E-state index is 13.5. The van der Waals surface area contributed by atoms with E-state index in [0.717, 1.165) is 6.07 Å². The number of aromatic nitrogens is 2. The van der Waals surface area contributed by atoms with Crippen molar-refractivity contribution < 1.29 is 36.6 Å². The lowest BCUT2D eigenvalue weighted by atomic mass is 10.1. The van der Waals surface area contributed by atoms with Gasteiger partial charge in [-0.1, -0.05) is 18.2 Å². The van der Waals surface area contributed by atoms with Crippen molar-refractivity contribution in [3.05, 3.63) is 71.7 Å². The van der Waals surface area contributed by atoms with Gasteiger partial charge in [0.2, 0.25) is 5.89 Å². The Morgan fingerprint density at radius 1 is 1.13 bits per heavy atom. The number of carbonyl (C=O) groups is 1. The summed E-state index contributed by atoms with van der Waals surface area (Å²) in [6.07, 6.45) is -4.98. The molecule has 2 aromatic heterocycles. The summed E-state index contributed by atoms with van der Waals surface area (Å²) in [4.78, 5) is 23.2. The highest BCUT2D eigenvalue weighted by atomic mass is 19.4. The first-order valence-electron chi connectivity index (χ1n) is 12.1. The predicted molar refractivity (Wildman–Crippen MR) is 134 cm³/mol. The number of rotatable bonds is 7. The second-order valence-electron chi connectivity index (χ2n) is 8.77. The SMILES string of the molecule is COc1ccc(-c2nc(C(=O)N3CCOC(COc4ccccc4)C3)c(CN)o2)c2ccc(C(F)(F)F)nc12. The zero-order chi connectivity index (χ0) is 27.6. The molecule has 9 nitrogen and oxygen atoms in total. The van der Waals surface area contributed by atoms with Gasteiger partial charge in [0.15, 0.2) is 11.5 Å². The number of hydrogen-bond acceptors (Lipinski definition) is 8. The van der Waals surface area contributed by atoms with E-state index in [1.54, 1.807) is 11.0 Å². The van der Waals surface area contributed by atoms with Gasteiger partial charge in [0.25, 0.3) is 5.91 Å². The Morgan fingerprint density at radius 2 is 1.92 bits per heavy atom. The molecule has 12 heteroatoms. The fraction of sp³-hybridized carbons (Fsp3) is 0.296. The Kier molecular flexibility index (Phi) is 7.40. The predicted octanol–water partition coefficient (Wildman–Crippen LogP) is 4.30. The lowest BCUT2D eigenvalue weighted by Crippen LogP contribution is -2.48. The van der Waals surface area contributed by atoms with Crippen LogP contribution in [-0.2, 0) is 17.5 Å². The molecule has 1 aliphatic rings. The van der Waals surface area contributed by atoms with E-state index in [2.05, 4.69) is 9.97 Å². The van der Waals surface area contributed by atoms with Crippen LogP contribution >= 0.6 is 0 Å². The summed E-state index contributed by atoms with van der Waals surface area (Å²) >= 11 is 0. The van der Waals surface area contributed by atoms with Gasteiger partial charge in [0, 0.05) is 17.5 Å². The molecular weight excluding hydrogens is 517 g/mol. The summed E-state index contributed by atoms with van der Waals surface area (Å²) in [5.74, 6) is 0.639. The summed E-state index contributed by atoms with van der Waals surface area (Å²) in [6.45, 7) is 1.07. The van der Waals surface area contributed by atoms with Crippen LogP contribution in [0.5, 0.6) is 11.5 Å². The number of benzene rings is 2. The Labute approximate surface area is 221 Å². The van der Waals surface area contributed by atoms with Crippen LogP contribution in [0.2, 0.25) is 0 Å². The Hall–Kier alpha value is -4.16. The van der Waals surface area contributed by atoms with Gasteiger partial charge < -0.3 is 29.3 Å². The topological polar surface area (TPSA) is 113 Å². The van der Waals surface area contributed by atoms with E-state index in [0.29, 0.717) is 29.9 Å². The standard InChI is InChI=1S/C27H25F3N4O5/c1-36-20-9-7-19(18-8-10-22(27(28,29)30)32-23(18)20)25-33-24(21(13-31)39-25)26(35)34-11-12-37-17(14-34)15-38-16-5-3-2-4-6-16/h2-10,17H,11-15,31H2,1H3. The van der Waals surface area contributed by atoms with Crippen molar-refractivity contribution in [2.45, 2.75) is 18.8 Å². The fourth-order valence-corrected chi connectivity index (χ4v) is 4.33. The number of halogens is 3. The molecule has 4 aromatic rings. The minimum absolute atomic E-state index is 0.0142. The average Bonchev–Trinajstić information content (AvgIpc) is 3.39. The summed E-state index contributed by atoms with van der Waals surface area (Å²) in [7, 11) is 1.34. The molecule has 1 aliphatic heterocycles. The summed E-state index contributed by atoms with van der Waals surface area (Å²) in [5, 5.41) is 0.315. The molecule has 39 heavy (non-hydrogen) atoms. The Bertz CT molecular complexity index is 1480. The van der Waals surface area contributed by atoms with Crippen LogP contribution < -0.4 is 15.2 Å². The summed E-state index contributed by atoms with van der Waals surface area (Å²) < 4.78 is 62.5. The highest BCUT2D eigenvalue weighted by Crippen LogP contribution is 2.37. The fourth-order valence-electron chi connectivity index (χ4n) is 4.33. The number of para-hydroxylation sites is 1. The molecule has 1 atom stereocenters. The van der Waals surface area contributed by atoms with Gasteiger partial charge in [0.05, 0.1) is 26.8 Å². The number of amides is 1. The zero-order valence-corrected chi connectivity index (χ0v) is 20.9. The molecule has 0 bridgehead atoms. The van der Waals surface area contributed by atoms with Crippen LogP contribution in [0.1, 0.15) is 21.9 Å².